The number of carbonyl (C=O) groups excluding carboxylic acids is 2. The fourth-order valence-corrected chi connectivity index (χ4v) is 2.75. The summed E-state index contributed by atoms with van der Waals surface area (Å²) < 4.78 is 5.46. The van der Waals surface area contributed by atoms with Crippen molar-refractivity contribution in [3.8, 4) is 0 Å². The number of hydrogen-bond acceptors (Lipinski definition) is 5. The molecule has 3 rings (SSSR count). The number of ether oxygens (including phenoxy) is 1. The molecule has 7 heteroatoms. The molecule has 0 fully saturated rings. The highest BCUT2D eigenvalue weighted by Crippen LogP contribution is 2.28. The summed E-state index contributed by atoms with van der Waals surface area (Å²) in [7, 11) is 0. The van der Waals surface area contributed by atoms with E-state index in [1.54, 1.807) is 73.7 Å². The summed E-state index contributed by atoms with van der Waals surface area (Å²) >= 11 is 0. The number of carbonyl (C=O) groups is 2. The molecule has 1 atom stereocenters. The van der Waals surface area contributed by atoms with Crippen LogP contribution in [0.5, 0.6) is 0 Å². The summed E-state index contributed by atoms with van der Waals surface area (Å²) in [4.78, 5) is 36.2. The van der Waals surface area contributed by atoms with Gasteiger partial charge in [0, 0.05) is 11.6 Å². The average molecular weight is 390 g/mol. The smallest absolute Gasteiger partial charge is 0.339 e. The second-order valence-corrected chi connectivity index (χ2v) is 6.33. The van der Waals surface area contributed by atoms with E-state index in [9.17, 15) is 19.7 Å². The summed E-state index contributed by atoms with van der Waals surface area (Å²) in [5.41, 5.74) is 1.22. The first-order chi connectivity index (χ1) is 14.0. The Morgan fingerprint density at radius 3 is 2.21 bits per heavy atom. The topological polar surface area (TPSA) is 98.5 Å². The predicted octanol–water partition coefficient (Wildman–Crippen LogP) is 4.44. The van der Waals surface area contributed by atoms with E-state index < -0.39 is 22.9 Å². The Bertz CT molecular complexity index is 1040. The lowest BCUT2D eigenvalue weighted by molar-refractivity contribution is -0.384. The summed E-state index contributed by atoms with van der Waals surface area (Å²) in [5.74, 6) is -1.36. The standard InChI is InChI=1S/C22H18N2O5/c1-15-12-13-18(19(14-15)24(27)28)23-21(25)20(16-8-4-2-5-9-16)29-22(26)17-10-6-3-7-11-17/h2-14,20H,1H3,(H,23,25)/t20-/m1/s1. The summed E-state index contributed by atoms with van der Waals surface area (Å²) in [6.07, 6.45) is -1.27. The Kier molecular flexibility index (Phi) is 5.99. The van der Waals surface area contributed by atoms with Crippen LogP contribution in [0.25, 0.3) is 0 Å². The molecule has 29 heavy (non-hydrogen) atoms. The van der Waals surface area contributed by atoms with E-state index in [1.807, 2.05) is 0 Å². The van der Waals surface area contributed by atoms with Crippen molar-refractivity contribution >= 4 is 23.3 Å². The lowest BCUT2D eigenvalue weighted by Gasteiger charge is -2.18. The summed E-state index contributed by atoms with van der Waals surface area (Å²) in [6.45, 7) is 1.72. The number of esters is 1. The number of nitro benzene ring substituents is 1. The van der Waals surface area contributed by atoms with Crippen molar-refractivity contribution in [2.24, 2.45) is 0 Å². The zero-order chi connectivity index (χ0) is 20.8. The molecule has 0 saturated heterocycles. The van der Waals surface area contributed by atoms with Crippen molar-refractivity contribution in [2.75, 3.05) is 5.32 Å². The van der Waals surface area contributed by atoms with Crippen LogP contribution >= 0.6 is 0 Å². The van der Waals surface area contributed by atoms with Gasteiger partial charge in [0.1, 0.15) is 5.69 Å². The van der Waals surface area contributed by atoms with E-state index in [0.29, 0.717) is 16.7 Å². The molecule has 0 bridgehead atoms. The third-order valence-corrected chi connectivity index (χ3v) is 4.18. The Hall–Kier alpha value is -4.00. The molecule has 0 aromatic heterocycles. The van der Waals surface area contributed by atoms with Crippen LogP contribution in [0.4, 0.5) is 11.4 Å². The van der Waals surface area contributed by atoms with Gasteiger partial charge in [-0.3, -0.25) is 14.9 Å². The lowest BCUT2D eigenvalue weighted by atomic mass is 10.1. The van der Waals surface area contributed by atoms with Gasteiger partial charge in [0.05, 0.1) is 10.5 Å². The first-order valence-corrected chi connectivity index (χ1v) is 8.82. The molecule has 0 radical (unpaired) electrons. The monoisotopic (exact) mass is 390 g/mol. The molecule has 1 amide bonds. The zero-order valence-electron chi connectivity index (χ0n) is 15.6. The number of rotatable bonds is 6. The zero-order valence-corrected chi connectivity index (χ0v) is 15.6. The number of amides is 1. The maximum atomic E-state index is 12.9. The predicted molar refractivity (Wildman–Crippen MR) is 108 cm³/mol. The van der Waals surface area contributed by atoms with E-state index in [0.717, 1.165) is 0 Å². The third-order valence-electron chi connectivity index (χ3n) is 4.18. The van der Waals surface area contributed by atoms with Gasteiger partial charge in [0.25, 0.3) is 11.6 Å². The van der Waals surface area contributed by atoms with Gasteiger partial charge in [-0.2, -0.15) is 0 Å². The highest BCUT2D eigenvalue weighted by atomic mass is 16.6. The van der Waals surface area contributed by atoms with Crippen LogP contribution in [-0.2, 0) is 9.53 Å². The highest BCUT2D eigenvalue weighted by molar-refractivity contribution is 5.99. The number of hydrogen-bond donors (Lipinski definition) is 1. The molecule has 0 saturated carbocycles. The first-order valence-electron chi connectivity index (χ1n) is 8.82. The van der Waals surface area contributed by atoms with Crippen molar-refractivity contribution < 1.29 is 19.2 Å². The first kappa shape index (κ1) is 19.8. The normalized spacial score (nSPS) is 11.3. The summed E-state index contributed by atoms with van der Waals surface area (Å²) in [5, 5.41) is 13.8. The van der Waals surface area contributed by atoms with Crippen LogP contribution in [0.1, 0.15) is 27.6 Å². The fraction of sp³-hybridized carbons (Fsp3) is 0.0909. The number of nitrogens with zero attached hydrogens (tertiary/aromatic N) is 1. The van der Waals surface area contributed by atoms with Crippen LogP contribution in [0.2, 0.25) is 0 Å². The SMILES string of the molecule is Cc1ccc(NC(=O)[C@H](OC(=O)c2ccccc2)c2ccccc2)c([N+](=O)[O-])c1. The van der Waals surface area contributed by atoms with Gasteiger partial charge >= 0.3 is 5.97 Å². The molecule has 0 aliphatic carbocycles. The largest absolute Gasteiger partial charge is 0.444 e. The third kappa shape index (κ3) is 4.84. The van der Waals surface area contributed by atoms with Crippen molar-refractivity contribution in [3.63, 3.8) is 0 Å². The number of nitro groups is 1. The lowest BCUT2D eigenvalue weighted by Crippen LogP contribution is -2.26. The van der Waals surface area contributed by atoms with Gasteiger partial charge in [-0.15, -0.1) is 0 Å². The van der Waals surface area contributed by atoms with Gasteiger partial charge in [0.15, 0.2) is 0 Å². The van der Waals surface area contributed by atoms with Gasteiger partial charge in [-0.1, -0.05) is 54.6 Å². The van der Waals surface area contributed by atoms with E-state index >= 15 is 0 Å². The second kappa shape index (κ2) is 8.79. The van der Waals surface area contributed by atoms with Crippen LogP contribution in [-0.4, -0.2) is 16.8 Å². The number of anilines is 1. The minimum absolute atomic E-state index is 0.0299. The van der Waals surface area contributed by atoms with E-state index in [2.05, 4.69) is 5.32 Å². The van der Waals surface area contributed by atoms with Crippen LogP contribution < -0.4 is 5.32 Å². The minimum atomic E-state index is -1.27. The molecule has 0 unspecified atom stereocenters. The maximum Gasteiger partial charge on any atom is 0.339 e. The van der Waals surface area contributed by atoms with Crippen molar-refractivity contribution in [1.29, 1.82) is 0 Å². The van der Waals surface area contributed by atoms with E-state index in [1.165, 1.54) is 12.1 Å². The molecule has 146 valence electrons. The molecule has 0 aliphatic heterocycles. The van der Waals surface area contributed by atoms with E-state index in [4.69, 9.17) is 4.74 Å². The van der Waals surface area contributed by atoms with Gasteiger partial charge in [-0.05, 0) is 30.7 Å². The highest BCUT2D eigenvalue weighted by Gasteiger charge is 2.27. The molecule has 3 aromatic carbocycles. The van der Waals surface area contributed by atoms with Gasteiger partial charge in [0.2, 0.25) is 6.10 Å². The second-order valence-electron chi connectivity index (χ2n) is 6.33. The Morgan fingerprint density at radius 1 is 0.966 bits per heavy atom. The van der Waals surface area contributed by atoms with Gasteiger partial charge < -0.3 is 10.1 Å². The maximum absolute atomic E-state index is 12.9. The van der Waals surface area contributed by atoms with Crippen LogP contribution in [0, 0.1) is 17.0 Å². The van der Waals surface area contributed by atoms with Crippen molar-refractivity contribution in [2.45, 2.75) is 13.0 Å². The molecule has 0 aliphatic rings. The molecule has 1 N–H and O–H groups in total. The number of nitrogens with one attached hydrogen (secondary N) is 1. The van der Waals surface area contributed by atoms with Crippen molar-refractivity contribution in [3.05, 3.63) is 106 Å². The van der Waals surface area contributed by atoms with Crippen LogP contribution in [0.15, 0.2) is 78.9 Å². The molecular weight excluding hydrogens is 372 g/mol. The quantitative estimate of drug-likeness (QED) is 0.381. The minimum Gasteiger partial charge on any atom is -0.444 e. The molecule has 3 aromatic rings. The number of benzene rings is 3. The molecule has 0 heterocycles. The fourth-order valence-electron chi connectivity index (χ4n) is 2.75. The van der Waals surface area contributed by atoms with Crippen LogP contribution in [0.3, 0.4) is 0 Å². The van der Waals surface area contributed by atoms with E-state index in [-0.39, 0.29) is 11.4 Å². The van der Waals surface area contributed by atoms with Crippen molar-refractivity contribution in [1.82, 2.24) is 0 Å². The molecule has 0 spiro atoms. The summed E-state index contributed by atoms with van der Waals surface area (Å²) in [6, 6.07) is 21.2. The average Bonchev–Trinajstić information content (AvgIpc) is 2.74. The number of aryl methyl sites for hydroxylation is 1. The molecular formula is C22H18N2O5. The molecule has 7 nitrogen and oxygen atoms in total. The van der Waals surface area contributed by atoms with Gasteiger partial charge in [-0.25, -0.2) is 4.79 Å². The Balaban J connectivity index is 1.90. The Labute approximate surface area is 167 Å². The Morgan fingerprint density at radius 2 is 1.59 bits per heavy atom.